The monoisotopic (exact) mass is 486 g/mol. The Labute approximate surface area is 185 Å². The van der Waals surface area contributed by atoms with Crippen LogP contribution >= 0.6 is 0 Å². The molecule has 4 amide bonds. The largest absolute Gasteiger partial charge is 0.497 e. The molecule has 0 spiro atoms. The van der Waals surface area contributed by atoms with Gasteiger partial charge in [0.25, 0.3) is 20.0 Å². The zero-order valence-electron chi connectivity index (χ0n) is 17.1. The van der Waals surface area contributed by atoms with E-state index < -0.39 is 32.1 Å². The molecule has 12 nitrogen and oxygen atoms in total. The van der Waals surface area contributed by atoms with E-state index in [1.807, 2.05) is 9.44 Å². The summed E-state index contributed by atoms with van der Waals surface area (Å²) in [5.74, 6) is 0.901. The summed E-state index contributed by atoms with van der Waals surface area (Å²) in [5, 5.41) is 4.47. The summed E-state index contributed by atoms with van der Waals surface area (Å²) in [4.78, 5) is 23.3. The number of amides is 4. The molecule has 0 heterocycles. The summed E-state index contributed by atoms with van der Waals surface area (Å²) >= 11 is 0. The number of carbonyl (C=O) groups is 2. The molecule has 0 atom stereocenters. The molecule has 2 aromatic carbocycles. The van der Waals surface area contributed by atoms with E-state index in [1.54, 1.807) is 0 Å². The van der Waals surface area contributed by atoms with Crippen LogP contribution in [-0.4, -0.2) is 56.2 Å². The van der Waals surface area contributed by atoms with Crippen LogP contribution in [0.3, 0.4) is 0 Å². The van der Waals surface area contributed by atoms with Crippen molar-refractivity contribution in [3.8, 4) is 11.5 Å². The standard InChI is InChI=1S/C18H22N4O8S2/c1-29-13-3-7-15(8-4-13)31(25,26)21-17(23)19-11-12-20-18(24)22-32(27,28)16-9-5-14(30-2)6-10-16/h3-10H,11-12H2,1-2H3,(H2,19,21,23)(H2,20,22,24). The minimum atomic E-state index is -4.10. The Kier molecular flexibility index (Phi) is 8.26. The van der Waals surface area contributed by atoms with Crippen molar-refractivity contribution in [1.82, 2.24) is 20.1 Å². The molecule has 0 saturated heterocycles. The lowest BCUT2D eigenvalue weighted by atomic mass is 10.3. The van der Waals surface area contributed by atoms with Crippen LogP contribution in [0, 0.1) is 0 Å². The van der Waals surface area contributed by atoms with Gasteiger partial charge in [-0.2, -0.15) is 0 Å². The normalized spacial score (nSPS) is 11.2. The van der Waals surface area contributed by atoms with Crippen LogP contribution in [0.5, 0.6) is 11.5 Å². The van der Waals surface area contributed by atoms with Crippen molar-refractivity contribution < 1.29 is 35.9 Å². The first-order chi connectivity index (χ1) is 15.1. The van der Waals surface area contributed by atoms with Gasteiger partial charge >= 0.3 is 12.1 Å². The quantitative estimate of drug-likeness (QED) is 0.369. The second-order valence-electron chi connectivity index (χ2n) is 6.07. The van der Waals surface area contributed by atoms with Gasteiger partial charge in [0, 0.05) is 13.1 Å². The van der Waals surface area contributed by atoms with Crippen LogP contribution < -0.4 is 29.6 Å². The summed E-state index contributed by atoms with van der Waals surface area (Å²) in [6.45, 7) is -0.333. The van der Waals surface area contributed by atoms with Crippen LogP contribution in [0.25, 0.3) is 0 Å². The van der Waals surface area contributed by atoms with Gasteiger partial charge in [0.2, 0.25) is 0 Å². The number of ether oxygens (including phenoxy) is 2. The number of sulfonamides is 2. The van der Waals surface area contributed by atoms with Crippen LogP contribution in [-0.2, 0) is 20.0 Å². The minimum Gasteiger partial charge on any atom is -0.497 e. The predicted octanol–water partition coefficient (Wildman–Crippen LogP) is 0.380. The second kappa shape index (κ2) is 10.7. The van der Waals surface area contributed by atoms with Crippen LogP contribution in [0.15, 0.2) is 58.3 Å². The van der Waals surface area contributed by atoms with Gasteiger partial charge in [-0.15, -0.1) is 0 Å². The lowest BCUT2D eigenvalue weighted by Gasteiger charge is -2.11. The molecule has 0 aromatic heterocycles. The second-order valence-corrected chi connectivity index (χ2v) is 9.44. The molecule has 174 valence electrons. The fraction of sp³-hybridized carbons (Fsp3) is 0.222. The minimum absolute atomic E-state index is 0.144. The van der Waals surface area contributed by atoms with E-state index in [1.165, 1.54) is 62.8 Å². The van der Waals surface area contributed by atoms with Crippen LogP contribution in [0.1, 0.15) is 0 Å². The Balaban J connectivity index is 1.78. The number of benzene rings is 2. The summed E-state index contributed by atoms with van der Waals surface area (Å²) < 4.78 is 62.1. The highest BCUT2D eigenvalue weighted by Crippen LogP contribution is 2.16. The lowest BCUT2D eigenvalue weighted by Crippen LogP contribution is -2.45. The van der Waals surface area contributed by atoms with Crippen LogP contribution in [0.2, 0.25) is 0 Å². The molecule has 2 aromatic rings. The van der Waals surface area contributed by atoms with Gasteiger partial charge in [-0.1, -0.05) is 0 Å². The van der Waals surface area contributed by atoms with Crippen molar-refractivity contribution in [2.75, 3.05) is 27.3 Å². The molecular weight excluding hydrogens is 464 g/mol. The summed E-state index contributed by atoms with van der Waals surface area (Å²) in [5.41, 5.74) is 0. The van der Waals surface area contributed by atoms with Gasteiger partial charge in [0.15, 0.2) is 0 Å². The molecule has 2 rings (SSSR count). The maximum Gasteiger partial charge on any atom is 0.328 e. The third-order valence-electron chi connectivity index (χ3n) is 3.89. The van der Waals surface area contributed by atoms with Gasteiger partial charge in [-0.05, 0) is 48.5 Å². The molecule has 0 aliphatic carbocycles. The fourth-order valence-electron chi connectivity index (χ4n) is 2.30. The van der Waals surface area contributed by atoms with Crippen molar-refractivity contribution >= 4 is 32.1 Å². The number of nitrogens with one attached hydrogen (secondary N) is 4. The first-order valence-corrected chi connectivity index (χ1v) is 11.9. The first-order valence-electron chi connectivity index (χ1n) is 8.97. The van der Waals surface area contributed by atoms with Crippen molar-refractivity contribution in [2.45, 2.75) is 9.79 Å². The maximum atomic E-state index is 12.1. The topological polar surface area (TPSA) is 169 Å². The fourth-order valence-corrected chi connectivity index (χ4v) is 4.15. The molecular formula is C18H22N4O8S2. The van der Waals surface area contributed by atoms with E-state index in [0.717, 1.165) is 0 Å². The van der Waals surface area contributed by atoms with Crippen molar-refractivity contribution in [3.63, 3.8) is 0 Å². The van der Waals surface area contributed by atoms with Crippen molar-refractivity contribution in [1.29, 1.82) is 0 Å². The molecule has 0 fully saturated rings. The van der Waals surface area contributed by atoms with E-state index in [0.29, 0.717) is 11.5 Å². The van der Waals surface area contributed by atoms with Gasteiger partial charge < -0.3 is 20.1 Å². The average molecular weight is 487 g/mol. The van der Waals surface area contributed by atoms with Gasteiger partial charge in [-0.25, -0.2) is 35.9 Å². The Morgan fingerprint density at radius 1 is 0.656 bits per heavy atom. The number of rotatable bonds is 9. The molecule has 0 radical (unpaired) electrons. The highest BCUT2D eigenvalue weighted by atomic mass is 32.2. The highest BCUT2D eigenvalue weighted by Gasteiger charge is 2.19. The molecule has 14 heteroatoms. The maximum absolute atomic E-state index is 12.1. The lowest BCUT2D eigenvalue weighted by molar-refractivity contribution is 0.241. The Bertz CT molecular complexity index is 1050. The number of hydrogen-bond acceptors (Lipinski definition) is 8. The molecule has 0 aliphatic rings. The van der Waals surface area contributed by atoms with Gasteiger partial charge in [0.05, 0.1) is 24.0 Å². The third-order valence-corrected chi connectivity index (χ3v) is 6.58. The molecule has 0 bridgehead atoms. The Morgan fingerprint density at radius 3 is 1.25 bits per heavy atom. The van der Waals surface area contributed by atoms with E-state index in [-0.39, 0.29) is 22.9 Å². The van der Waals surface area contributed by atoms with Crippen molar-refractivity contribution in [3.05, 3.63) is 48.5 Å². The summed E-state index contributed by atoms with van der Waals surface area (Å²) in [6.07, 6.45) is 0. The Hall–Kier alpha value is -3.52. The third kappa shape index (κ3) is 7.02. The number of urea groups is 2. The summed E-state index contributed by atoms with van der Waals surface area (Å²) in [7, 11) is -5.35. The van der Waals surface area contributed by atoms with E-state index in [2.05, 4.69) is 10.6 Å². The first kappa shape index (κ1) is 24.7. The molecule has 0 saturated carbocycles. The van der Waals surface area contributed by atoms with Crippen molar-refractivity contribution in [2.24, 2.45) is 0 Å². The smallest absolute Gasteiger partial charge is 0.328 e. The molecule has 32 heavy (non-hydrogen) atoms. The summed E-state index contributed by atoms with van der Waals surface area (Å²) in [6, 6.07) is 8.73. The Morgan fingerprint density at radius 2 is 0.969 bits per heavy atom. The predicted molar refractivity (Wildman–Crippen MR) is 113 cm³/mol. The number of hydrogen-bond donors (Lipinski definition) is 4. The average Bonchev–Trinajstić information content (AvgIpc) is 2.76. The number of carbonyl (C=O) groups excluding carboxylic acids is 2. The molecule has 0 aliphatic heterocycles. The van der Waals surface area contributed by atoms with Crippen LogP contribution in [0.4, 0.5) is 9.59 Å². The van der Waals surface area contributed by atoms with E-state index >= 15 is 0 Å². The SMILES string of the molecule is COc1ccc(S(=O)(=O)NC(=O)NCCNC(=O)NS(=O)(=O)c2ccc(OC)cc2)cc1. The van der Waals surface area contributed by atoms with Gasteiger partial charge in [0.1, 0.15) is 11.5 Å². The van der Waals surface area contributed by atoms with Gasteiger partial charge in [-0.3, -0.25) is 0 Å². The molecule has 4 N–H and O–H groups in total. The number of methoxy groups -OCH3 is 2. The zero-order chi connectivity index (χ0) is 23.8. The highest BCUT2D eigenvalue weighted by molar-refractivity contribution is 7.90. The van der Waals surface area contributed by atoms with E-state index in [4.69, 9.17) is 9.47 Å². The van der Waals surface area contributed by atoms with E-state index in [9.17, 15) is 26.4 Å². The molecule has 0 unspecified atom stereocenters. The zero-order valence-corrected chi connectivity index (χ0v) is 18.7.